The van der Waals surface area contributed by atoms with Crippen molar-refractivity contribution in [3.63, 3.8) is 0 Å². The van der Waals surface area contributed by atoms with E-state index in [-0.39, 0.29) is 17.7 Å². The van der Waals surface area contributed by atoms with Gasteiger partial charge in [0.25, 0.3) is 5.91 Å². The van der Waals surface area contributed by atoms with Crippen molar-refractivity contribution in [2.45, 2.75) is 25.1 Å². The Balaban J connectivity index is 1.71. The number of alkyl halides is 3. The van der Waals surface area contributed by atoms with Crippen molar-refractivity contribution in [3.8, 4) is 17.1 Å². The number of carbonyl (C=O) groups is 1. The Hall–Kier alpha value is -3.87. The van der Waals surface area contributed by atoms with Gasteiger partial charge >= 0.3 is 6.18 Å². The first-order valence-electron chi connectivity index (χ1n) is 10.5. The summed E-state index contributed by atoms with van der Waals surface area (Å²) >= 11 is 0. The number of amides is 1. The van der Waals surface area contributed by atoms with Crippen LogP contribution in [-0.4, -0.2) is 40.1 Å². The number of hydrogen-bond donors (Lipinski definition) is 3. The molecular formula is C22H19F5N6O2. The maximum Gasteiger partial charge on any atom is 0.418 e. The third-order valence-corrected chi connectivity index (χ3v) is 5.26. The maximum atomic E-state index is 14.3. The molecule has 0 radical (unpaired) electrons. The van der Waals surface area contributed by atoms with E-state index >= 15 is 0 Å². The second-order valence-electron chi connectivity index (χ2n) is 7.68. The van der Waals surface area contributed by atoms with E-state index in [1.165, 1.54) is 12.5 Å². The Morgan fingerprint density at radius 1 is 1.17 bits per heavy atom. The zero-order valence-electron chi connectivity index (χ0n) is 18.0. The lowest BCUT2D eigenvalue weighted by Crippen LogP contribution is -2.34. The topological polar surface area (TPSA) is 115 Å². The molecule has 1 fully saturated rings. The van der Waals surface area contributed by atoms with Gasteiger partial charge in [0, 0.05) is 0 Å². The first-order valence-corrected chi connectivity index (χ1v) is 10.5. The molecule has 0 bridgehead atoms. The van der Waals surface area contributed by atoms with Crippen LogP contribution in [0.5, 0.6) is 5.88 Å². The molecule has 184 valence electrons. The van der Waals surface area contributed by atoms with Crippen LogP contribution in [0, 0.1) is 11.6 Å². The first kappa shape index (κ1) is 24.3. The van der Waals surface area contributed by atoms with E-state index in [9.17, 15) is 26.7 Å². The van der Waals surface area contributed by atoms with E-state index in [0.29, 0.717) is 18.9 Å². The Kier molecular flexibility index (Phi) is 6.78. The van der Waals surface area contributed by atoms with Crippen molar-refractivity contribution in [2.24, 2.45) is 0 Å². The molecule has 13 heteroatoms. The standard InChI is InChI=1S/C22H19F5N6O2/c23-13-2-1-3-14(24)17(13)18-12(22(25,26)27)8-15(28)19(33-18)20(34)32-16-9-30-10-31-21(16)35-11-4-6-29-7-5-11/h1-3,8-11,29H,4-7,28H2,(H,32,34). The monoisotopic (exact) mass is 494 g/mol. The highest BCUT2D eigenvalue weighted by molar-refractivity contribution is 6.07. The summed E-state index contributed by atoms with van der Waals surface area (Å²) in [5, 5.41) is 5.59. The lowest BCUT2D eigenvalue weighted by atomic mass is 10.0. The molecule has 0 unspecified atom stereocenters. The molecule has 1 aromatic carbocycles. The number of halogens is 5. The summed E-state index contributed by atoms with van der Waals surface area (Å²) in [6.07, 6.45) is -1.39. The molecule has 4 N–H and O–H groups in total. The van der Waals surface area contributed by atoms with Crippen LogP contribution in [0.25, 0.3) is 11.3 Å². The van der Waals surface area contributed by atoms with Gasteiger partial charge in [-0.05, 0) is 44.1 Å². The summed E-state index contributed by atoms with van der Waals surface area (Å²) in [5.41, 5.74) is 0.772. The SMILES string of the molecule is Nc1cc(C(F)(F)F)c(-c2c(F)cccc2F)nc1C(=O)Nc1cncnc1OC1CCNCC1. The Labute approximate surface area is 195 Å². The predicted octanol–water partition coefficient (Wildman–Crippen LogP) is 3.80. The van der Waals surface area contributed by atoms with Gasteiger partial charge in [0.15, 0.2) is 5.69 Å². The number of carbonyl (C=O) groups excluding carboxylic acids is 1. The van der Waals surface area contributed by atoms with Crippen molar-refractivity contribution in [3.05, 3.63) is 59.7 Å². The normalized spacial score (nSPS) is 14.5. The molecule has 2 aromatic heterocycles. The minimum Gasteiger partial charge on any atom is -0.473 e. The van der Waals surface area contributed by atoms with Gasteiger partial charge in [-0.25, -0.2) is 18.7 Å². The van der Waals surface area contributed by atoms with Gasteiger partial charge in [-0.1, -0.05) is 6.07 Å². The number of piperidine rings is 1. The minimum atomic E-state index is -5.05. The molecule has 35 heavy (non-hydrogen) atoms. The van der Waals surface area contributed by atoms with Crippen molar-refractivity contribution in [1.29, 1.82) is 0 Å². The lowest BCUT2D eigenvalue weighted by Gasteiger charge is -2.24. The van der Waals surface area contributed by atoms with Crippen molar-refractivity contribution >= 4 is 17.3 Å². The van der Waals surface area contributed by atoms with Crippen LogP contribution in [0.15, 0.2) is 36.8 Å². The Morgan fingerprint density at radius 3 is 2.51 bits per heavy atom. The van der Waals surface area contributed by atoms with Crippen LogP contribution in [0.4, 0.5) is 33.3 Å². The van der Waals surface area contributed by atoms with Crippen LogP contribution in [0.2, 0.25) is 0 Å². The van der Waals surface area contributed by atoms with Crippen molar-refractivity contribution < 1.29 is 31.5 Å². The molecule has 1 saturated heterocycles. The van der Waals surface area contributed by atoms with Gasteiger partial charge in [0.1, 0.15) is 29.8 Å². The van der Waals surface area contributed by atoms with E-state index in [1.54, 1.807) is 0 Å². The second-order valence-corrected chi connectivity index (χ2v) is 7.68. The highest BCUT2D eigenvalue weighted by Gasteiger charge is 2.37. The van der Waals surface area contributed by atoms with Gasteiger partial charge in [-0.3, -0.25) is 4.79 Å². The van der Waals surface area contributed by atoms with Crippen LogP contribution in [0.1, 0.15) is 28.9 Å². The Morgan fingerprint density at radius 2 is 1.86 bits per heavy atom. The van der Waals surface area contributed by atoms with Crippen molar-refractivity contribution in [1.82, 2.24) is 20.3 Å². The molecule has 0 spiro atoms. The van der Waals surface area contributed by atoms with E-state index < -0.39 is 51.9 Å². The summed E-state index contributed by atoms with van der Waals surface area (Å²) in [7, 11) is 0. The maximum absolute atomic E-state index is 14.3. The average molecular weight is 494 g/mol. The molecule has 3 aromatic rings. The molecule has 3 heterocycles. The van der Waals surface area contributed by atoms with E-state index in [2.05, 4.69) is 25.6 Å². The van der Waals surface area contributed by atoms with Gasteiger partial charge < -0.3 is 21.1 Å². The third kappa shape index (κ3) is 5.29. The fourth-order valence-corrected chi connectivity index (χ4v) is 3.59. The number of nitrogens with two attached hydrogens (primary N) is 1. The minimum absolute atomic E-state index is 0.0238. The number of benzene rings is 1. The summed E-state index contributed by atoms with van der Waals surface area (Å²) in [4.78, 5) is 24.4. The molecule has 0 atom stereocenters. The van der Waals surface area contributed by atoms with E-state index in [4.69, 9.17) is 10.5 Å². The van der Waals surface area contributed by atoms with Crippen LogP contribution in [-0.2, 0) is 6.18 Å². The third-order valence-electron chi connectivity index (χ3n) is 5.26. The van der Waals surface area contributed by atoms with Gasteiger partial charge in [0.2, 0.25) is 5.88 Å². The number of nitrogens with zero attached hydrogens (tertiary/aromatic N) is 3. The molecular weight excluding hydrogens is 475 g/mol. The van der Waals surface area contributed by atoms with Crippen LogP contribution in [0.3, 0.4) is 0 Å². The number of pyridine rings is 1. The molecule has 0 saturated carbocycles. The van der Waals surface area contributed by atoms with Gasteiger partial charge in [-0.15, -0.1) is 0 Å². The fourth-order valence-electron chi connectivity index (χ4n) is 3.59. The number of hydrogen-bond acceptors (Lipinski definition) is 7. The van der Waals surface area contributed by atoms with Crippen LogP contribution >= 0.6 is 0 Å². The smallest absolute Gasteiger partial charge is 0.418 e. The molecule has 8 nitrogen and oxygen atoms in total. The summed E-state index contributed by atoms with van der Waals surface area (Å²) in [6.45, 7) is 1.47. The van der Waals surface area contributed by atoms with E-state index in [0.717, 1.165) is 31.3 Å². The Bertz CT molecular complexity index is 1230. The number of nitrogen functional groups attached to an aromatic ring is 1. The largest absolute Gasteiger partial charge is 0.473 e. The van der Waals surface area contributed by atoms with E-state index in [1.807, 2.05) is 0 Å². The van der Waals surface area contributed by atoms with Crippen LogP contribution < -0.4 is 21.1 Å². The number of aromatic nitrogens is 3. The summed E-state index contributed by atoms with van der Waals surface area (Å²) in [5.74, 6) is -3.56. The molecule has 1 aliphatic rings. The number of ether oxygens (including phenoxy) is 1. The van der Waals surface area contributed by atoms with Gasteiger partial charge in [-0.2, -0.15) is 18.2 Å². The zero-order chi connectivity index (χ0) is 25.2. The zero-order valence-corrected chi connectivity index (χ0v) is 18.0. The molecule has 1 aliphatic heterocycles. The number of anilines is 2. The summed E-state index contributed by atoms with van der Waals surface area (Å²) in [6, 6.07) is 2.97. The molecule has 1 amide bonds. The van der Waals surface area contributed by atoms with Gasteiger partial charge in [0.05, 0.1) is 28.7 Å². The second kappa shape index (κ2) is 9.78. The first-order chi connectivity index (χ1) is 16.6. The number of rotatable bonds is 5. The highest BCUT2D eigenvalue weighted by atomic mass is 19.4. The average Bonchev–Trinajstić information content (AvgIpc) is 2.81. The lowest BCUT2D eigenvalue weighted by molar-refractivity contribution is -0.137. The summed E-state index contributed by atoms with van der Waals surface area (Å²) < 4.78 is 75.5. The predicted molar refractivity (Wildman–Crippen MR) is 116 cm³/mol. The molecule has 0 aliphatic carbocycles. The quantitative estimate of drug-likeness (QED) is 0.462. The number of nitrogens with one attached hydrogen (secondary N) is 2. The molecule has 4 rings (SSSR count). The van der Waals surface area contributed by atoms with Crippen molar-refractivity contribution in [2.75, 3.05) is 24.1 Å². The fraction of sp³-hybridized carbons (Fsp3) is 0.273. The highest BCUT2D eigenvalue weighted by Crippen LogP contribution is 2.39.